The van der Waals surface area contributed by atoms with Crippen molar-refractivity contribution in [1.82, 2.24) is 4.90 Å². The highest BCUT2D eigenvalue weighted by atomic mass is 16.3. The molecule has 1 saturated heterocycles. The van der Waals surface area contributed by atoms with Gasteiger partial charge in [-0.2, -0.15) is 0 Å². The fraction of sp³-hybridized carbons (Fsp3) is 1.00. The lowest BCUT2D eigenvalue weighted by Crippen LogP contribution is -2.53. The third kappa shape index (κ3) is 1.49. The first-order valence-corrected chi connectivity index (χ1v) is 4.85. The minimum absolute atomic E-state index is 0.117. The highest BCUT2D eigenvalue weighted by molar-refractivity contribution is 4.90. The van der Waals surface area contributed by atoms with E-state index in [4.69, 9.17) is 0 Å². The zero-order chi connectivity index (χ0) is 8.55. The third-order valence-corrected chi connectivity index (χ3v) is 3.15. The van der Waals surface area contributed by atoms with Gasteiger partial charge in [0, 0.05) is 19.1 Å². The van der Waals surface area contributed by atoms with Crippen LogP contribution in [0.15, 0.2) is 0 Å². The van der Waals surface area contributed by atoms with Crippen LogP contribution in [0.3, 0.4) is 0 Å². The second-order valence-corrected chi connectivity index (χ2v) is 3.95. The molecule has 1 N–H and O–H groups in total. The molecule has 0 bridgehead atoms. The Hall–Kier alpha value is -0.120. The summed E-state index contributed by atoms with van der Waals surface area (Å²) in [6, 6.07) is 0.373. The molecule has 1 radical (unpaired) electrons. The van der Waals surface area contributed by atoms with E-state index >= 15 is 0 Å². The van der Waals surface area contributed by atoms with E-state index in [2.05, 4.69) is 4.90 Å². The summed E-state index contributed by atoms with van der Waals surface area (Å²) in [6.07, 6.45) is 3.13. The fourth-order valence-electron chi connectivity index (χ4n) is 2.10. The molecule has 0 aromatic rings. The van der Waals surface area contributed by atoms with E-state index < -0.39 is 0 Å². The summed E-state index contributed by atoms with van der Waals surface area (Å²) in [5.41, 5.74) is 0. The maximum absolute atomic E-state index is 11.0. The predicted molar refractivity (Wildman–Crippen MR) is 44.3 cm³/mol. The summed E-state index contributed by atoms with van der Waals surface area (Å²) in [5.74, 6) is 0. The second-order valence-electron chi connectivity index (χ2n) is 3.95. The zero-order valence-corrected chi connectivity index (χ0v) is 7.28. The van der Waals surface area contributed by atoms with Gasteiger partial charge in [-0.15, -0.1) is 0 Å². The van der Waals surface area contributed by atoms with Gasteiger partial charge in [-0.3, -0.25) is 4.90 Å². The molecule has 69 valence electrons. The van der Waals surface area contributed by atoms with Crippen molar-refractivity contribution in [3.8, 4) is 0 Å². The van der Waals surface area contributed by atoms with Gasteiger partial charge in [0.05, 0.1) is 12.2 Å². The highest BCUT2D eigenvalue weighted by Gasteiger charge is 2.35. The van der Waals surface area contributed by atoms with Crippen LogP contribution in [0.1, 0.15) is 25.7 Å². The van der Waals surface area contributed by atoms with Crippen LogP contribution >= 0.6 is 0 Å². The van der Waals surface area contributed by atoms with Crippen LogP contribution in [0.4, 0.5) is 0 Å². The van der Waals surface area contributed by atoms with Gasteiger partial charge >= 0.3 is 0 Å². The molecule has 2 aliphatic rings. The Morgan fingerprint density at radius 2 is 1.75 bits per heavy atom. The Morgan fingerprint density at radius 1 is 1.08 bits per heavy atom. The summed E-state index contributed by atoms with van der Waals surface area (Å²) >= 11 is 0. The summed E-state index contributed by atoms with van der Waals surface area (Å²) in [7, 11) is 0. The number of hydrogen-bond acceptors (Lipinski definition) is 2. The molecule has 2 unspecified atom stereocenters. The largest absolute Gasteiger partial charge is 0.391 e. The predicted octanol–water partition coefficient (Wildman–Crippen LogP) is 0.405. The van der Waals surface area contributed by atoms with Gasteiger partial charge in [-0.1, -0.05) is 0 Å². The molecule has 3 nitrogen and oxygen atoms in total. The number of rotatable bonds is 1. The van der Waals surface area contributed by atoms with Crippen molar-refractivity contribution in [1.29, 1.82) is 0 Å². The van der Waals surface area contributed by atoms with Gasteiger partial charge in [-0.05, 0) is 25.7 Å². The molecular weight excluding hydrogens is 154 g/mol. The molecule has 2 rings (SSSR count). The number of aliphatic hydroxyl groups is 1. The van der Waals surface area contributed by atoms with Gasteiger partial charge in [0.25, 0.3) is 0 Å². The van der Waals surface area contributed by atoms with E-state index in [1.54, 1.807) is 0 Å². The SMILES string of the molecule is [O]C1CCN(C2CCC2O)CC1. The second kappa shape index (κ2) is 3.32. The van der Waals surface area contributed by atoms with Crippen molar-refractivity contribution in [3.63, 3.8) is 0 Å². The molecule has 1 heterocycles. The lowest BCUT2D eigenvalue weighted by Gasteiger charge is -2.43. The zero-order valence-electron chi connectivity index (χ0n) is 7.28. The smallest absolute Gasteiger partial charge is 0.0954 e. The van der Waals surface area contributed by atoms with E-state index in [0.717, 1.165) is 38.8 Å². The lowest BCUT2D eigenvalue weighted by atomic mass is 9.86. The van der Waals surface area contributed by atoms with Crippen LogP contribution in [0.5, 0.6) is 0 Å². The summed E-state index contributed by atoms with van der Waals surface area (Å²) in [6.45, 7) is 1.80. The molecule has 0 spiro atoms. The Kier molecular flexibility index (Phi) is 2.35. The van der Waals surface area contributed by atoms with Crippen LogP contribution in [0.2, 0.25) is 0 Å². The fourth-order valence-corrected chi connectivity index (χ4v) is 2.10. The number of piperidine rings is 1. The number of hydrogen-bond donors (Lipinski definition) is 1. The van der Waals surface area contributed by atoms with Crippen molar-refractivity contribution in [2.24, 2.45) is 0 Å². The summed E-state index contributed by atoms with van der Waals surface area (Å²) < 4.78 is 0. The van der Waals surface area contributed by atoms with Crippen molar-refractivity contribution in [3.05, 3.63) is 0 Å². The molecular formula is C9H16NO2. The Labute approximate surface area is 73.0 Å². The molecule has 12 heavy (non-hydrogen) atoms. The van der Waals surface area contributed by atoms with Crippen LogP contribution in [-0.2, 0) is 5.11 Å². The van der Waals surface area contributed by atoms with Crippen molar-refractivity contribution >= 4 is 0 Å². The molecule has 0 amide bonds. The van der Waals surface area contributed by atoms with Crippen LogP contribution < -0.4 is 0 Å². The molecule has 0 aromatic carbocycles. The van der Waals surface area contributed by atoms with Gasteiger partial charge in [0.15, 0.2) is 0 Å². The maximum Gasteiger partial charge on any atom is 0.0954 e. The maximum atomic E-state index is 11.0. The van der Waals surface area contributed by atoms with Crippen LogP contribution in [-0.4, -0.2) is 41.3 Å². The van der Waals surface area contributed by atoms with Crippen LogP contribution in [0, 0.1) is 0 Å². The van der Waals surface area contributed by atoms with E-state index in [0.29, 0.717) is 6.04 Å². The quantitative estimate of drug-likeness (QED) is 0.619. The number of likely N-dealkylation sites (tertiary alicyclic amines) is 1. The lowest BCUT2D eigenvalue weighted by molar-refractivity contribution is -0.0540. The Bertz CT molecular complexity index is 155. The molecule has 3 heteroatoms. The van der Waals surface area contributed by atoms with E-state index in [1.165, 1.54) is 0 Å². The third-order valence-electron chi connectivity index (χ3n) is 3.15. The molecule has 1 aliphatic heterocycles. The number of aliphatic hydroxyl groups excluding tert-OH is 1. The first-order chi connectivity index (χ1) is 5.77. The van der Waals surface area contributed by atoms with Crippen molar-refractivity contribution < 1.29 is 10.2 Å². The summed E-state index contributed by atoms with van der Waals surface area (Å²) in [5, 5.41) is 20.4. The minimum atomic E-state index is -0.349. The molecule has 1 aliphatic carbocycles. The Balaban J connectivity index is 1.81. The number of nitrogens with zero attached hydrogens (tertiary/aromatic N) is 1. The molecule has 0 aromatic heterocycles. The molecule has 2 atom stereocenters. The van der Waals surface area contributed by atoms with Crippen LogP contribution in [0.25, 0.3) is 0 Å². The van der Waals surface area contributed by atoms with Crippen molar-refractivity contribution in [2.75, 3.05) is 13.1 Å². The summed E-state index contributed by atoms with van der Waals surface area (Å²) in [4.78, 5) is 2.28. The van der Waals surface area contributed by atoms with Crippen molar-refractivity contribution in [2.45, 2.75) is 43.9 Å². The average molecular weight is 170 g/mol. The molecule has 1 saturated carbocycles. The standard InChI is InChI=1S/C9H16NO2/c11-7-3-5-10(6-4-7)8-1-2-9(8)12/h7-9,12H,1-6H2. The van der Waals surface area contributed by atoms with E-state index in [9.17, 15) is 10.2 Å². The van der Waals surface area contributed by atoms with Gasteiger partial charge < -0.3 is 5.11 Å². The topological polar surface area (TPSA) is 43.4 Å². The monoisotopic (exact) mass is 170 g/mol. The Morgan fingerprint density at radius 3 is 2.17 bits per heavy atom. The highest BCUT2D eigenvalue weighted by Crippen LogP contribution is 2.27. The average Bonchev–Trinajstić information content (AvgIpc) is 2.06. The minimum Gasteiger partial charge on any atom is -0.391 e. The van der Waals surface area contributed by atoms with Gasteiger partial charge in [-0.25, -0.2) is 5.11 Å². The van der Waals surface area contributed by atoms with E-state index in [-0.39, 0.29) is 12.2 Å². The van der Waals surface area contributed by atoms with Gasteiger partial charge in [0.1, 0.15) is 0 Å². The normalized spacial score (nSPS) is 39.5. The molecule has 2 fully saturated rings. The first kappa shape index (κ1) is 8.48. The first-order valence-electron chi connectivity index (χ1n) is 4.85. The van der Waals surface area contributed by atoms with E-state index in [1.807, 2.05) is 0 Å². The van der Waals surface area contributed by atoms with Gasteiger partial charge in [0.2, 0.25) is 0 Å².